The molecule has 0 saturated heterocycles. The van der Waals surface area contributed by atoms with Crippen LogP contribution in [0.5, 0.6) is 0 Å². The van der Waals surface area contributed by atoms with Crippen molar-refractivity contribution in [3.8, 4) is 0 Å². The lowest BCUT2D eigenvalue weighted by molar-refractivity contribution is 0.0690. The highest BCUT2D eigenvalue weighted by molar-refractivity contribution is 7.71. The Hall–Kier alpha value is -1.76. The van der Waals surface area contributed by atoms with Gasteiger partial charge in [0.15, 0.2) is 11.3 Å². The standard InChI is InChI=1S/C6H4N4O2S/c11-5(12)3-1-4-7-2-8-10(4)6(13)9-3/h1-2H,(H,7,8)(H,11,12). The van der Waals surface area contributed by atoms with Gasteiger partial charge in [-0.2, -0.15) is 0 Å². The molecule has 2 N–H and O–H groups in total. The fraction of sp³-hybridized carbons (Fsp3) is 0. The Morgan fingerprint density at radius 3 is 3.15 bits per heavy atom. The highest BCUT2D eigenvalue weighted by Crippen LogP contribution is 2.01. The summed E-state index contributed by atoms with van der Waals surface area (Å²) in [6.45, 7) is 0. The number of carboxylic acids is 1. The minimum absolute atomic E-state index is 0.0999. The lowest BCUT2D eigenvalue weighted by atomic mass is 10.4. The molecule has 0 fully saturated rings. The number of aromatic amines is 1. The third kappa shape index (κ3) is 1.18. The Morgan fingerprint density at radius 1 is 1.69 bits per heavy atom. The number of hydrogen-bond acceptors (Lipinski definition) is 4. The number of nitrogens with one attached hydrogen (secondary N) is 1. The van der Waals surface area contributed by atoms with Gasteiger partial charge in [-0.25, -0.2) is 19.3 Å². The molecule has 0 aliphatic carbocycles. The van der Waals surface area contributed by atoms with Crippen molar-refractivity contribution in [1.82, 2.24) is 19.6 Å². The van der Waals surface area contributed by atoms with Crippen molar-refractivity contribution in [2.75, 3.05) is 0 Å². The summed E-state index contributed by atoms with van der Waals surface area (Å²) in [6.07, 6.45) is 1.42. The number of carboxylic acid groups (broad SMARTS) is 1. The summed E-state index contributed by atoms with van der Waals surface area (Å²) < 4.78 is 1.56. The monoisotopic (exact) mass is 196 g/mol. The van der Waals surface area contributed by atoms with E-state index in [4.69, 9.17) is 17.3 Å². The summed E-state index contributed by atoms with van der Waals surface area (Å²) in [5.41, 5.74) is 0.342. The zero-order valence-corrected chi connectivity index (χ0v) is 7.08. The van der Waals surface area contributed by atoms with E-state index in [1.165, 1.54) is 16.9 Å². The van der Waals surface area contributed by atoms with Crippen molar-refractivity contribution in [1.29, 1.82) is 0 Å². The molecule has 0 atom stereocenters. The van der Waals surface area contributed by atoms with Gasteiger partial charge >= 0.3 is 5.97 Å². The van der Waals surface area contributed by atoms with E-state index in [2.05, 4.69) is 15.1 Å². The van der Waals surface area contributed by atoms with E-state index in [1.54, 1.807) is 0 Å². The van der Waals surface area contributed by atoms with Crippen LogP contribution in [0.25, 0.3) is 5.65 Å². The van der Waals surface area contributed by atoms with E-state index in [1.807, 2.05) is 0 Å². The van der Waals surface area contributed by atoms with Crippen LogP contribution in [0.15, 0.2) is 12.4 Å². The molecule has 7 heteroatoms. The van der Waals surface area contributed by atoms with Crippen LogP contribution in [0.4, 0.5) is 0 Å². The van der Waals surface area contributed by atoms with Gasteiger partial charge in [-0.05, 0) is 12.2 Å². The Morgan fingerprint density at radius 2 is 2.46 bits per heavy atom. The molecule has 2 aromatic heterocycles. The largest absolute Gasteiger partial charge is 0.477 e. The SMILES string of the molecule is O=C(O)c1cc2nc[nH]n2c(=S)n1. The molecule has 0 saturated carbocycles. The molecular formula is C6H4N4O2S. The van der Waals surface area contributed by atoms with E-state index in [0.717, 1.165) is 0 Å². The first kappa shape index (κ1) is 7.87. The van der Waals surface area contributed by atoms with Gasteiger partial charge in [-0.3, -0.25) is 5.10 Å². The maximum atomic E-state index is 10.6. The molecule has 0 spiro atoms. The fourth-order valence-corrected chi connectivity index (χ4v) is 1.19. The maximum absolute atomic E-state index is 10.6. The molecule has 0 aliphatic rings. The summed E-state index contributed by atoms with van der Waals surface area (Å²) in [5.74, 6) is -1.11. The second-order valence-electron chi connectivity index (χ2n) is 2.31. The fourth-order valence-electron chi connectivity index (χ4n) is 0.949. The van der Waals surface area contributed by atoms with Crippen molar-refractivity contribution in [2.45, 2.75) is 0 Å². The van der Waals surface area contributed by atoms with Gasteiger partial charge in [-0.15, -0.1) is 0 Å². The quantitative estimate of drug-likeness (QED) is 0.648. The molecule has 0 unspecified atom stereocenters. The molecule has 2 heterocycles. The Bertz CT molecular complexity index is 529. The number of H-pyrrole nitrogens is 1. The minimum atomic E-state index is -1.11. The van der Waals surface area contributed by atoms with Crippen LogP contribution in [-0.4, -0.2) is 30.7 Å². The summed E-state index contributed by atoms with van der Waals surface area (Å²) in [6, 6.07) is 1.34. The van der Waals surface area contributed by atoms with E-state index < -0.39 is 5.97 Å². The number of hydrogen-bond donors (Lipinski definition) is 2. The first-order chi connectivity index (χ1) is 6.18. The van der Waals surface area contributed by atoms with Gasteiger partial charge in [-0.1, -0.05) is 0 Å². The number of aromatic carboxylic acids is 1. The van der Waals surface area contributed by atoms with Gasteiger partial charge in [0, 0.05) is 6.07 Å². The van der Waals surface area contributed by atoms with Crippen molar-refractivity contribution < 1.29 is 9.90 Å². The third-order valence-electron chi connectivity index (χ3n) is 1.51. The molecule has 0 aromatic carbocycles. The third-order valence-corrected chi connectivity index (χ3v) is 1.78. The van der Waals surface area contributed by atoms with Crippen molar-refractivity contribution in [2.24, 2.45) is 0 Å². The molecule has 6 nitrogen and oxygen atoms in total. The second-order valence-corrected chi connectivity index (χ2v) is 2.68. The van der Waals surface area contributed by atoms with Gasteiger partial charge < -0.3 is 5.11 Å². The van der Waals surface area contributed by atoms with Crippen LogP contribution < -0.4 is 0 Å². The van der Waals surface area contributed by atoms with Crippen LogP contribution in [0.2, 0.25) is 0 Å². The number of fused-ring (bicyclic) bond motifs is 1. The summed E-state index contributed by atoms with van der Waals surface area (Å²) in [5, 5.41) is 11.4. The van der Waals surface area contributed by atoms with Crippen LogP contribution in [0.1, 0.15) is 10.5 Å². The lowest BCUT2D eigenvalue weighted by Crippen LogP contribution is -2.03. The summed E-state index contributed by atoms with van der Waals surface area (Å²) in [7, 11) is 0. The number of nitrogens with zero attached hydrogens (tertiary/aromatic N) is 3. The summed E-state index contributed by atoms with van der Waals surface area (Å²) in [4.78, 5) is 18.1. The average molecular weight is 196 g/mol. The highest BCUT2D eigenvalue weighted by atomic mass is 32.1. The maximum Gasteiger partial charge on any atom is 0.354 e. The van der Waals surface area contributed by atoms with E-state index in [0.29, 0.717) is 5.65 Å². The smallest absolute Gasteiger partial charge is 0.354 e. The normalized spacial score (nSPS) is 10.5. The van der Waals surface area contributed by atoms with Crippen molar-refractivity contribution in [3.63, 3.8) is 0 Å². The van der Waals surface area contributed by atoms with E-state index in [-0.39, 0.29) is 10.5 Å². The first-order valence-corrected chi connectivity index (χ1v) is 3.76. The highest BCUT2D eigenvalue weighted by Gasteiger charge is 2.07. The summed E-state index contributed by atoms with van der Waals surface area (Å²) >= 11 is 4.83. The van der Waals surface area contributed by atoms with Crippen LogP contribution in [-0.2, 0) is 0 Å². The predicted molar refractivity (Wildman–Crippen MR) is 45.1 cm³/mol. The molecule has 0 aliphatic heterocycles. The number of rotatable bonds is 1. The molecule has 0 amide bonds. The van der Waals surface area contributed by atoms with E-state index >= 15 is 0 Å². The average Bonchev–Trinajstić information content (AvgIpc) is 2.51. The van der Waals surface area contributed by atoms with Crippen LogP contribution in [0.3, 0.4) is 0 Å². The zero-order valence-electron chi connectivity index (χ0n) is 6.26. The Kier molecular flexibility index (Phi) is 1.59. The van der Waals surface area contributed by atoms with Crippen molar-refractivity contribution in [3.05, 3.63) is 22.9 Å². The molecule has 0 radical (unpaired) electrons. The van der Waals surface area contributed by atoms with Gasteiger partial charge in [0.25, 0.3) is 0 Å². The van der Waals surface area contributed by atoms with Gasteiger partial charge in [0.05, 0.1) is 0 Å². The van der Waals surface area contributed by atoms with Crippen LogP contribution >= 0.6 is 12.2 Å². The predicted octanol–water partition coefficient (Wildman–Crippen LogP) is 0.485. The second kappa shape index (κ2) is 2.63. The number of carbonyl (C=O) groups is 1. The Labute approximate surface area is 76.9 Å². The molecule has 2 aromatic rings. The molecular weight excluding hydrogens is 192 g/mol. The molecule has 2 rings (SSSR count). The van der Waals surface area contributed by atoms with Gasteiger partial charge in [0.1, 0.15) is 6.33 Å². The van der Waals surface area contributed by atoms with Gasteiger partial charge in [0.2, 0.25) is 4.77 Å². The first-order valence-electron chi connectivity index (χ1n) is 3.35. The minimum Gasteiger partial charge on any atom is -0.477 e. The number of aromatic nitrogens is 4. The molecule has 66 valence electrons. The zero-order chi connectivity index (χ0) is 9.42. The van der Waals surface area contributed by atoms with E-state index in [9.17, 15) is 4.79 Å². The molecule has 13 heavy (non-hydrogen) atoms. The topological polar surface area (TPSA) is 83.3 Å². The van der Waals surface area contributed by atoms with Crippen LogP contribution in [0, 0.1) is 4.77 Å². The molecule has 0 bridgehead atoms. The lowest BCUT2D eigenvalue weighted by Gasteiger charge is -1.94. The Balaban J connectivity index is 2.85. The van der Waals surface area contributed by atoms with Crippen molar-refractivity contribution >= 4 is 23.8 Å².